The predicted octanol–water partition coefficient (Wildman–Crippen LogP) is 3.75. The van der Waals surface area contributed by atoms with Crippen molar-refractivity contribution in [1.29, 1.82) is 0 Å². The molecule has 0 bridgehead atoms. The van der Waals surface area contributed by atoms with Crippen LogP contribution < -0.4 is 5.32 Å². The van der Waals surface area contributed by atoms with Crippen LogP contribution >= 0.6 is 15.9 Å². The van der Waals surface area contributed by atoms with E-state index in [1.165, 1.54) is 0 Å². The van der Waals surface area contributed by atoms with E-state index in [0.29, 0.717) is 0 Å². The maximum atomic E-state index is 12.2. The Bertz CT molecular complexity index is 810. The molecule has 0 saturated heterocycles. The van der Waals surface area contributed by atoms with Crippen molar-refractivity contribution in [3.8, 4) is 0 Å². The van der Waals surface area contributed by atoms with Crippen LogP contribution in [0.1, 0.15) is 5.82 Å². The Morgan fingerprint density at radius 3 is 2.86 bits per heavy atom. The van der Waals surface area contributed by atoms with Gasteiger partial charge in [0.1, 0.15) is 12.4 Å². The third-order valence-corrected chi connectivity index (χ3v) is 3.75. The number of hydrogen-bond donors (Lipinski definition) is 1. The van der Waals surface area contributed by atoms with Gasteiger partial charge in [0.15, 0.2) is 0 Å². The molecule has 0 unspecified atom stereocenters. The van der Waals surface area contributed by atoms with Crippen LogP contribution in [0.4, 0.5) is 5.69 Å². The molecule has 0 aliphatic carbocycles. The van der Waals surface area contributed by atoms with E-state index in [1.807, 2.05) is 60.0 Å². The number of benzene rings is 2. The number of halogens is 1. The highest BCUT2D eigenvalue weighted by molar-refractivity contribution is 9.10. The molecule has 0 spiro atoms. The van der Waals surface area contributed by atoms with Gasteiger partial charge in [-0.15, -0.1) is 0 Å². The van der Waals surface area contributed by atoms with E-state index in [9.17, 15) is 4.79 Å². The smallest absolute Gasteiger partial charge is 0.244 e. The molecule has 1 amide bonds. The van der Waals surface area contributed by atoms with Gasteiger partial charge < -0.3 is 9.88 Å². The van der Waals surface area contributed by atoms with Crippen LogP contribution in [-0.4, -0.2) is 15.5 Å². The van der Waals surface area contributed by atoms with Gasteiger partial charge in [-0.1, -0.05) is 34.1 Å². The van der Waals surface area contributed by atoms with Gasteiger partial charge in [0.25, 0.3) is 0 Å². The molecule has 1 heterocycles. The fourth-order valence-corrected chi connectivity index (χ4v) is 2.71. The average molecular weight is 344 g/mol. The van der Waals surface area contributed by atoms with Crippen LogP contribution in [0.2, 0.25) is 0 Å². The van der Waals surface area contributed by atoms with E-state index in [1.54, 1.807) is 0 Å². The van der Waals surface area contributed by atoms with E-state index in [2.05, 4.69) is 26.2 Å². The van der Waals surface area contributed by atoms with Crippen molar-refractivity contribution in [3.63, 3.8) is 0 Å². The number of nitrogens with zero attached hydrogens (tertiary/aromatic N) is 2. The highest BCUT2D eigenvalue weighted by Gasteiger charge is 2.10. The van der Waals surface area contributed by atoms with E-state index < -0.39 is 0 Å². The van der Waals surface area contributed by atoms with Crippen molar-refractivity contribution in [2.45, 2.75) is 13.5 Å². The number of nitrogens with one attached hydrogen (secondary N) is 1. The van der Waals surface area contributed by atoms with Gasteiger partial charge >= 0.3 is 0 Å². The number of anilines is 1. The summed E-state index contributed by atoms with van der Waals surface area (Å²) >= 11 is 3.39. The molecule has 0 radical (unpaired) electrons. The Labute approximate surface area is 130 Å². The summed E-state index contributed by atoms with van der Waals surface area (Å²) in [4.78, 5) is 16.7. The normalized spacial score (nSPS) is 10.8. The third-order valence-electron chi connectivity index (χ3n) is 3.26. The first-order chi connectivity index (χ1) is 10.1. The zero-order valence-corrected chi connectivity index (χ0v) is 13.1. The Morgan fingerprint density at radius 1 is 1.24 bits per heavy atom. The quantitative estimate of drug-likeness (QED) is 0.787. The highest BCUT2D eigenvalue weighted by Crippen LogP contribution is 2.17. The number of aromatic nitrogens is 2. The molecule has 1 aromatic heterocycles. The highest BCUT2D eigenvalue weighted by atomic mass is 79.9. The summed E-state index contributed by atoms with van der Waals surface area (Å²) in [5.74, 6) is 0.764. The number of rotatable bonds is 3. The lowest BCUT2D eigenvalue weighted by Crippen LogP contribution is -2.19. The molecular formula is C16H14BrN3O. The number of hydrogen-bond acceptors (Lipinski definition) is 2. The molecule has 0 fully saturated rings. The number of fused-ring (bicyclic) bond motifs is 1. The fourth-order valence-electron chi connectivity index (χ4n) is 2.31. The number of imidazole rings is 1. The van der Waals surface area contributed by atoms with Crippen LogP contribution in [-0.2, 0) is 11.3 Å². The van der Waals surface area contributed by atoms with Crippen LogP contribution in [0.5, 0.6) is 0 Å². The summed E-state index contributed by atoms with van der Waals surface area (Å²) in [6.07, 6.45) is 0. The zero-order valence-electron chi connectivity index (χ0n) is 11.5. The molecule has 0 atom stereocenters. The molecule has 5 heteroatoms. The Balaban J connectivity index is 1.82. The standard InChI is InChI=1S/C16H14BrN3O/c1-11-18-14-7-2-3-8-15(14)20(11)10-16(21)19-13-6-4-5-12(17)9-13/h2-9H,10H2,1H3,(H,19,21). The number of amides is 1. The minimum atomic E-state index is -0.0700. The van der Waals surface area contributed by atoms with Crippen LogP contribution in [0.3, 0.4) is 0 Å². The number of aryl methyl sites for hydroxylation is 1. The first-order valence-corrected chi connectivity index (χ1v) is 7.40. The number of para-hydroxylation sites is 2. The molecule has 2 aromatic carbocycles. The maximum absolute atomic E-state index is 12.2. The molecule has 4 nitrogen and oxygen atoms in total. The summed E-state index contributed by atoms with van der Waals surface area (Å²) in [6, 6.07) is 15.4. The van der Waals surface area contributed by atoms with Gasteiger partial charge in [-0.3, -0.25) is 4.79 Å². The summed E-state index contributed by atoms with van der Waals surface area (Å²) in [7, 11) is 0. The monoisotopic (exact) mass is 343 g/mol. The van der Waals surface area contributed by atoms with Crippen molar-refractivity contribution < 1.29 is 4.79 Å². The van der Waals surface area contributed by atoms with Gasteiger partial charge in [-0.25, -0.2) is 4.98 Å². The number of carbonyl (C=O) groups is 1. The van der Waals surface area contributed by atoms with E-state index in [4.69, 9.17) is 0 Å². The van der Waals surface area contributed by atoms with E-state index in [0.717, 1.165) is 27.0 Å². The lowest BCUT2D eigenvalue weighted by molar-refractivity contribution is -0.116. The Morgan fingerprint density at radius 2 is 2.05 bits per heavy atom. The van der Waals surface area contributed by atoms with Crippen molar-refractivity contribution >= 4 is 38.6 Å². The molecule has 3 rings (SSSR count). The van der Waals surface area contributed by atoms with Gasteiger partial charge in [-0.05, 0) is 37.3 Å². The molecule has 1 N–H and O–H groups in total. The number of carbonyl (C=O) groups excluding carboxylic acids is 1. The van der Waals surface area contributed by atoms with Crippen LogP contribution in [0.15, 0.2) is 53.0 Å². The van der Waals surface area contributed by atoms with Gasteiger partial charge in [0.2, 0.25) is 5.91 Å². The molecular weight excluding hydrogens is 330 g/mol. The van der Waals surface area contributed by atoms with Crippen LogP contribution in [0, 0.1) is 6.92 Å². The maximum Gasteiger partial charge on any atom is 0.244 e. The molecule has 0 aliphatic heterocycles. The van der Waals surface area contributed by atoms with E-state index in [-0.39, 0.29) is 12.5 Å². The summed E-state index contributed by atoms with van der Waals surface area (Å²) in [6.45, 7) is 2.16. The van der Waals surface area contributed by atoms with Crippen molar-refractivity contribution in [2.24, 2.45) is 0 Å². The van der Waals surface area contributed by atoms with Crippen molar-refractivity contribution in [2.75, 3.05) is 5.32 Å². The summed E-state index contributed by atoms with van der Waals surface area (Å²) in [5, 5.41) is 2.90. The summed E-state index contributed by atoms with van der Waals surface area (Å²) in [5.41, 5.74) is 2.65. The van der Waals surface area contributed by atoms with E-state index >= 15 is 0 Å². The first-order valence-electron chi connectivity index (χ1n) is 6.61. The Kier molecular flexibility index (Phi) is 3.75. The fraction of sp³-hybridized carbons (Fsp3) is 0.125. The van der Waals surface area contributed by atoms with Gasteiger partial charge in [0.05, 0.1) is 11.0 Å². The topological polar surface area (TPSA) is 46.9 Å². The first kappa shape index (κ1) is 13.8. The molecule has 106 valence electrons. The predicted molar refractivity (Wildman–Crippen MR) is 87.2 cm³/mol. The molecule has 3 aromatic rings. The van der Waals surface area contributed by atoms with Crippen molar-refractivity contribution in [1.82, 2.24) is 9.55 Å². The second-order valence-electron chi connectivity index (χ2n) is 4.79. The Hall–Kier alpha value is -2.14. The van der Waals surface area contributed by atoms with Gasteiger partial charge in [0, 0.05) is 10.2 Å². The SMILES string of the molecule is Cc1nc2ccccc2n1CC(=O)Nc1cccc(Br)c1. The largest absolute Gasteiger partial charge is 0.324 e. The zero-order chi connectivity index (χ0) is 14.8. The molecule has 0 saturated carbocycles. The van der Waals surface area contributed by atoms with Crippen molar-refractivity contribution in [3.05, 3.63) is 58.8 Å². The third kappa shape index (κ3) is 2.97. The lowest BCUT2D eigenvalue weighted by Gasteiger charge is -2.08. The minimum Gasteiger partial charge on any atom is -0.324 e. The minimum absolute atomic E-state index is 0.0700. The molecule has 21 heavy (non-hydrogen) atoms. The second kappa shape index (κ2) is 5.69. The summed E-state index contributed by atoms with van der Waals surface area (Å²) < 4.78 is 2.85. The van der Waals surface area contributed by atoms with Gasteiger partial charge in [-0.2, -0.15) is 0 Å². The molecule has 0 aliphatic rings. The average Bonchev–Trinajstić information content (AvgIpc) is 2.75. The lowest BCUT2D eigenvalue weighted by atomic mass is 10.3. The second-order valence-corrected chi connectivity index (χ2v) is 5.71. The van der Waals surface area contributed by atoms with Crippen LogP contribution in [0.25, 0.3) is 11.0 Å².